The Labute approximate surface area is 133 Å². The van der Waals surface area contributed by atoms with Crippen LogP contribution in [0.2, 0.25) is 0 Å². The van der Waals surface area contributed by atoms with Crippen molar-refractivity contribution in [3.8, 4) is 0 Å². The van der Waals surface area contributed by atoms with E-state index < -0.39 is 10.0 Å². The van der Waals surface area contributed by atoms with Crippen molar-refractivity contribution in [1.29, 1.82) is 0 Å². The van der Waals surface area contributed by atoms with Gasteiger partial charge in [-0.05, 0) is 53.8 Å². The Bertz CT molecular complexity index is 714. The number of aryl methyl sites for hydroxylation is 1. The highest BCUT2D eigenvalue weighted by molar-refractivity contribution is 7.91. The summed E-state index contributed by atoms with van der Waals surface area (Å²) in [6.45, 7) is 3.10. The first-order valence-corrected chi connectivity index (χ1v) is 10.1. The fourth-order valence-electron chi connectivity index (χ4n) is 1.95. The molecule has 2 aromatic rings. The van der Waals surface area contributed by atoms with Gasteiger partial charge in [-0.3, -0.25) is 0 Å². The summed E-state index contributed by atoms with van der Waals surface area (Å²) in [6, 6.07) is 4.40. The van der Waals surface area contributed by atoms with Gasteiger partial charge in [-0.2, -0.15) is 0 Å². The number of rotatable bonds is 7. The number of nitrogens with one attached hydrogen (secondary N) is 2. The molecule has 1 aliphatic rings. The molecular formula is C14H18N2O2S3. The minimum absolute atomic E-state index is 0.361. The zero-order valence-corrected chi connectivity index (χ0v) is 14.2. The molecule has 0 spiro atoms. The highest BCUT2D eigenvalue weighted by atomic mass is 32.2. The summed E-state index contributed by atoms with van der Waals surface area (Å²) in [4.78, 5) is 1.06. The van der Waals surface area contributed by atoms with Gasteiger partial charge in [0.1, 0.15) is 4.21 Å². The SMILES string of the molecule is Cc1ccsc1CNS(=O)(=O)c1cc(CNC2CC2)cs1. The first-order valence-electron chi connectivity index (χ1n) is 6.88. The smallest absolute Gasteiger partial charge is 0.250 e. The average Bonchev–Trinajstić information content (AvgIpc) is 2.98. The first kappa shape index (κ1) is 15.2. The quantitative estimate of drug-likeness (QED) is 0.813. The number of sulfonamides is 1. The van der Waals surface area contributed by atoms with E-state index in [0.717, 1.165) is 22.5 Å². The zero-order chi connectivity index (χ0) is 14.9. The molecule has 0 unspecified atom stereocenters. The minimum Gasteiger partial charge on any atom is -0.310 e. The molecule has 0 atom stereocenters. The summed E-state index contributed by atoms with van der Waals surface area (Å²) >= 11 is 2.86. The average molecular weight is 343 g/mol. The molecule has 1 aliphatic carbocycles. The lowest BCUT2D eigenvalue weighted by Gasteiger charge is -2.04. The van der Waals surface area contributed by atoms with Crippen LogP contribution >= 0.6 is 22.7 Å². The molecule has 4 nitrogen and oxygen atoms in total. The van der Waals surface area contributed by atoms with Gasteiger partial charge in [0.05, 0.1) is 0 Å². The molecule has 0 aromatic carbocycles. The van der Waals surface area contributed by atoms with Crippen molar-refractivity contribution in [1.82, 2.24) is 10.0 Å². The molecule has 3 rings (SSSR count). The van der Waals surface area contributed by atoms with E-state index in [1.165, 1.54) is 24.2 Å². The second-order valence-electron chi connectivity index (χ2n) is 5.28. The maximum atomic E-state index is 12.3. The van der Waals surface area contributed by atoms with E-state index in [2.05, 4.69) is 10.0 Å². The summed E-state index contributed by atoms with van der Waals surface area (Å²) in [7, 11) is -3.41. The predicted octanol–water partition coefficient (Wildman–Crippen LogP) is 2.85. The van der Waals surface area contributed by atoms with Crippen LogP contribution < -0.4 is 10.0 Å². The Morgan fingerprint density at radius 1 is 1.29 bits per heavy atom. The summed E-state index contributed by atoms with van der Waals surface area (Å²) in [6.07, 6.45) is 2.47. The Morgan fingerprint density at radius 3 is 2.76 bits per heavy atom. The first-order chi connectivity index (χ1) is 10.0. The molecule has 21 heavy (non-hydrogen) atoms. The Hall–Kier alpha value is -0.730. The molecular weight excluding hydrogens is 324 g/mol. The van der Waals surface area contributed by atoms with Crippen molar-refractivity contribution < 1.29 is 8.42 Å². The Morgan fingerprint density at radius 2 is 2.10 bits per heavy atom. The van der Waals surface area contributed by atoms with Crippen LogP contribution in [0.5, 0.6) is 0 Å². The second kappa shape index (κ2) is 6.18. The van der Waals surface area contributed by atoms with E-state index in [-0.39, 0.29) is 0 Å². The van der Waals surface area contributed by atoms with Crippen molar-refractivity contribution in [2.75, 3.05) is 0 Å². The van der Waals surface area contributed by atoms with Gasteiger partial charge in [0.15, 0.2) is 0 Å². The third kappa shape index (κ3) is 3.92. The maximum absolute atomic E-state index is 12.3. The molecule has 1 saturated carbocycles. The van der Waals surface area contributed by atoms with E-state index in [9.17, 15) is 8.42 Å². The second-order valence-corrected chi connectivity index (χ2v) is 9.19. The third-order valence-corrected chi connectivity index (χ3v) is 7.37. The Balaban J connectivity index is 1.62. The van der Waals surface area contributed by atoms with Gasteiger partial charge in [0, 0.05) is 24.0 Å². The minimum atomic E-state index is -3.41. The summed E-state index contributed by atoms with van der Waals surface area (Å²) in [5.41, 5.74) is 2.17. The van der Waals surface area contributed by atoms with Crippen LogP contribution in [0.25, 0.3) is 0 Å². The molecule has 2 N–H and O–H groups in total. The van der Waals surface area contributed by atoms with E-state index in [1.807, 2.05) is 23.8 Å². The largest absolute Gasteiger partial charge is 0.310 e. The molecule has 2 heterocycles. The lowest BCUT2D eigenvalue weighted by Crippen LogP contribution is -2.22. The fraction of sp³-hybridized carbons (Fsp3) is 0.429. The van der Waals surface area contributed by atoms with E-state index in [1.54, 1.807) is 17.4 Å². The van der Waals surface area contributed by atoms with Crippen LogP contribution in [-0.2, 0) is 23.1 Å². The molecule has 0 bridgehead atoms. The van der Waals surface area contributed by atoms with Crippen LogP contribution in [0.4, 0.5) is 0 Å². The van der Waals surface area contributed by atoms with E-state index >= 15 is 0 Å². The molecule has 0 radical (unpaired) electrons. The Kier molecular flexibility index (Phi) is 4.46. The molecule has 2 aromatic heterocycles. The van der Waals surface area contributed by atoms with Gasteiger partial charge in [0.25, 0.3) is 0 Å². The van der Waals surface area contributed by atoms with Crippen molar-refractivity contribution in [3.05, 3.63) is 38.9 Å². The standard InChI is InChI=1S/C14H18N2O2S3/c1-10-4-5-19-13(10)8-16-21(17,18)14-6-11(9-20-14)7-15-12-2-3-12/h4-6,9,12,15-16H,2-3,7-8H2,1H3. The van der Waals surface area contributed by atoms with Crippen LogP contribution in [-0.4, -0.2) is 14.5 Å². The zero-order valence-electron chi connectivity index (χ0n) is 11.8. The monoisotopic (exact) mass is 342 g/mol. The normalized spacial score (nSPS) is 15.5. The van der Waals surface area contributed by atoms with Gasteiger partial charge in [-0.25, -0.2) is 13.1 Å². The van der Waals surface area contributed by atoms with Crippen molar-refractivity contribution in [3.63, 3.8) is 0 Å². The fourth-order valence-corrected chi connectivity index (χ4v) is 5.14. The lowest BCUT2D eigenvalue weighted by atomic mass is 10.3. The van der Waals surface area contributed by atoms with Gasteiger partial charge in [0.2, 0.25) is 10.0 Å². The van der Waals surface area contributed by atoms with Gasteiger partial charge < -0.3 is 5.32 Å². The summed E-state index contributed by atoms with van der Waals surface area (Å²) < 4.78 is 27.6. The van der Waals surface area contributed by atoms with E-state index in [0.29, 0.717) is 16.8 Å². The van der Waals surface area contributed by atoms with Crippen molar-refractivity contribution in [2.45, 2.75) is 43.1 Å². The van der Waals surface area contributed by atoms with Crippen LogP contribution in [0.3, 0.4) is 0 Å². The third-order valence-electron chi connectivity index (χ3n) is 3.46. The molecule has 0 aliphatic heterocycles. The van der Waals surface area contributed by atoms with Gasteiger partial charge in [-0.15, -0.1) is 22.7 Å². The summed E-state index contributed by atoms with van der Waals surface area (Å²) in [5.74, 6) is 0. The van der Waals surface area contributed by atoms with Gasteiger partial charge in [-0.1, -0.05) is 0 Å². The van der Waals surface area contributed by atoms with Crippen LogP contribution in [0.15, 0.2) is 27.1 Å². The molecule has 1 fully saturated rings. The maximum Gasteiger partial charge on any atom is 0.250 e. The number of hydrogen-bond donors (Lipinski definition) is 2. The topological polar surface area (TPSA) is 58.2 Å². The molecule has 0 amide bonds. The van der Waals surface area contributed by atoms with Crippen LogP contribution in [0, 0.1) is 6.92 Å². The molecule has 7 heteroatoms. The van der Waals surface area contributed by atoms with Crippen molar-refractivity contribution >= 4 is 32.7 Å². The number of hydrogen-bond acceptors (Lipinski definition) is 5. The highest BCUT2D eigenvalue weighted by Gasteiger charge is 2.21. The van der Waals surface area contributed by atoms with Crippen molar-refractivity contribution in [2.24, 2.45) is 0 Å². The highest BCUT2D eigenvalue weighted by Crippen LogP contribution is 2.23. The predicted molar refractivity (Wildman–Crippen MR) is 87.3 cm³/mol. The van der Waals surface area contributed by atoms with Gasteiger partial charge >= 0.3 is 0 Å². The molecule has 0 saturated heterocycles. The summed E-state index contributed by atoms with van der Waals surface area (Å²) in [5, 5.41) is 7.29. The lowest BCUT2D eigenvalue weighted by molar-refractivity contribution is 0.583. The van der Waals surface area contributed by atoms with Crippen LogP contribution in [0.1, 0.15) is 28.8 Å². The number of thiophene rings is 2. The van der Waals surface area contributed by atoms with E-state index in [4.69, 9.17) is 0 Å². The molecule has 114 valence electrons.